The van der Waals surface area contributed by atoms with E-state index in [0.717, 1.165) is 0 Å². The van der Waals surface area contributed by atoms with Gasteiger partial charge in [-0.25, -0.2) is 18.0 Å². The van der Waals surface area contributed by atoms with E-state index in [4.69, 9.17) is 4.74 Å². The van der Waals surface area contributed by atoms with E-state index in [-0.39, 0.29) is 10.5 Å². The number of hydrogen-bond donors (Lipinski definition) is 0. The van der Waals surface area contributed by atoms with Crippen LogP contribution in [0.25, 0.3) is 0 Å². The van der Waals surface area contributed by atoms with E-state index in [1.165, 1.54) is 42.6 Å². The molecule has 0 saturated heterocycles. The van der Waals surface area contributed by atoms with Crippen LogP contribution in [0.3, 0.4) is 0 Å². The molecule has 1 rings (SSSR count). The molecule has 1 aromatic carbocycles. The highest BCUT2D eigenvalue weighted by Crippen LogP contribution is 2.17. The van der Waals surface area contributed by atoms with Gasteiger partial charge in [-0.3, -0.25) is 0 Å². The molecule has 0 spiro atoms. The molecule has 0 N–H and O–H groups in total. The Labute approximate surface area is 136 Å². The Balaban J connectivity index is 2.92. The van der Waals surface area contributed by atoms with E-state index in [9.17, 15) is 18.0 Å². The van der Waals surface area contributed by atoms with Gasteiger partial charge in [0.15, 0.2) is 6.10 Å². The van der Waals surface area contributed by atoms with Gasteiger partial charge in [-0.1, -0.05) is 13.8 Å². The van der Waals surface area contributed by atoms with E-state index in [1.807, 2.05) is 0 Å². The number of rotatable bonds is 7. The molecule has 1 atom stereocenters. The molecule has 0 aliphatic rings. The van der Waals surface area contributed by atoms with Crippen LogP contribution in [-0.4, -0.2) is 51.0 Å². The highest BCUT2D eigenvalue weighted by atomic mass is 32.2. The number of methoxy groups -OCH3 is 1. The summed E-state index contributed by atoms with van der Waals surface area (Å²) in [5.41, 5.74) is 0.152. The van der Waals surface area contributed by atoms with Crippen molar-refractivity contribution in [1.29, 1.82) is 0 Å². The smallest absolute Gasteiger partial charge is 0.346 e. The predicted molar refractivity (Wildman–Crippen MR) is 83.4 cm³/mol. The fourth-order valence-corrected chi connectivity index (χ4v) is 3.38. The Bertz CT molecular complexity index is 649. The number of ether oxygens (including phenoxy) is 2. The molecule has 7 nitrogen and oxygen atoms in total. The van der Waals surface area contributed by atoms with Crippen LogP contribution in [0.2, 0.25) is 0 Å². The van der Waals surface area contributed by atoms with E-state index < -0.39 is 28.1 Å². The van der Waals surface area contributed by atoms with Gasteiger partial charge in [-0.05, 0) is 31.2 Å². The third-order valence-corrected chi connectivity index (χ3v) is 5.31. The first kappa shape index (κ1) is 19.1. The second-order valence-electron chi connectivity index (χ2n) is 4.68. The Morgan fingerprint density at radius 1 is 1.13 bits per heavy atom. The molecule has 0 radical (unpaired) electrons. The molecule has 0 aromatic heterocycles. The van der Waals surface area contributed by atoms with Crippen molar-refractivity contribution in [2.45, 2.75) is 31.8 Å². The summed E-state index contributed by atoms with van der Waals surface area (Å²) in [5, 5.41) is 0. The summed E-state index contributed by atoms with van der Waals surface area (Å²) in [6.07, 6.45) is -1.04. The zero-order chi connectivity index (χ0) is 17.6. The summed E-state index contributed by atoms with van der Waals surface area (Å²) >= 11 is 0. The number of sulfonamides is 1. The van der Waals surface area contributed by atoms with Crippen molar-refractivity contribution >= 4 is 22.0 Å². The van der Waals surface area contributed by atoms with Gasteiger partial charge in [0, 0.05) is 13.1 Å². The Kier molecular flexibility index (Phi) is 6.71. The topological polar surface area (TPSA) is 90.0 Å². The fourth-order valence-electron chi connectivity index (χ4n) is 1.92. The van der Waals surface area contributed by atoms with Crippen molar-refractivity contribution in [2.75, 3.05) is 20.2 Å². The van der Waals surface area contributed by atoms with Crippen molar-refractivity contribution < 1.29 is 27.5 Å². The normalized spacial score (nSPS) is 12.7. The van der Waals surface area contributed by atoms with Gasteiger partial charge in [0.05, 0.1) is 17.6 Å². The number of benzene rings is 1. The lowest BCUT2D eigenvalue weighted by atomic mass is 10.2. The molecule has 0 fully saturated rings. The summed E-state index contributed by atoms with van der Waals surface area (Å²) in [6, 6.07) is 5.38. The van der Waals surface area contributed by atoms with Gasteiger partial charge in [-0.15, -0.1) is 0 Å². The minimum absolute atomic E-state index is 0.0961. The van der Waals surface area contributed by atoms with E-state index in [0.29, 0.717) is 13.1 Å². The molecule has 0 aliphatic carbocycles. The third kappa shape index (κ3) is 4.52. The average Bonchev–Trinajstić information content (AvgIpc) is 2.54. The second kappa shape index (κ2) is 8.07. The first-order valence-electron chi connectivity index (χ1n) is 7.16. The zero-order valence-corrected chi connectivity index (χ0v) is 14.4. The molecular formula is C15H21NO6S. The van der Waals surface area contributed by atoms with Gasteiger partial charge >= 0.3 is 11.9 Å². The van der Waals surface area contributed by atoms with Crippen molar-refractivity contribution in [3.63, 3.8) is 0 Å². The van der Waals surface area contributed by atoms with Crippen LogP contribution in [0.15, 0.2) is 29.2 Å². The number of carbonyl (C=O) groups excluding carboxylic acids is 2. The van der Waals surface area contributed by atoms with Gasteiger partial charge in [0.25, 0.3) is 0 Å². The molecule has 23 heavy (non-hydrogen) atoms. The minimum atomic E-state index is -3.58. The number of hydrogen-bond acceptors (Lipinski definition) is 6. The molecule has 1 unspecified atom stereocenters. The second-order valence-corrected chi connectivity index (χ2v) is 6.62. The van der Waals surface area contributed by atoms with Crippen molar-refractivity contribution in [3.8, 4) is 0 Å². The predicted octanol–water partition coefficient (Wildman–Crippen LogP) is 1.44. The Hall–Kier alpha value is -1.93. The highest BCUT2D eigenvalue weighted by molar-refractivity contribution is 7.89. The van der Waals surface area contributed by atoms with Crippen molar-refractivity contribution in [2.24, 2.45) is 0 Å². The van der Waals surface area contributed by atoms with E-state index in [1.54, 1.807) is 13.8 Å². The molecule has 0 heterocycles. The van der Waals surface area contributed by atoms with Crippen LogP contribution >= 0.6 is 0 Å². The maximum atomic E-state index is 12.3. The van der Waals surface area contributed by atoms with Gasteiger partial charge < -0.3 is 9.47 Å². The van der Waals surface area contributed by atoms with Crippen LogP contribution in [0.5, 0.6) is 0 Å². The summed E-state index contributed by atoms with van der Waals surface area (Å²) in [7, 11) is -2.38. The maximum Gasteiger partial charge on any atom is 0.346 e. The van der Waals surface area contributed by atoms with Crippen LogP contribution < -0.4 is 0 Å². The number of nitrogens with zero attached hydrogens (tertiary/aromatic N) is 1. The van der Waals surface area contributed by atoms with Gasteiger partial charge in [0.1, 0.15) is 0 Å². The summed E-state index contributed by atoms with van der Waals surface area (Å²) in [4.78, 5) is 23.2. The zero-order valence-electron chi connectivity index (χ0n) is 13.6. The molecule has 0 saturated carbocycles. The minimum Gasteiger partial charge on any atom is -0.466 e. The Morgan fingerprint density at radius 3 is 2.09 bits per heavy atom. The first-order chi connectivity index (χ1) is 10.8. The summed E-state index contributed by atoms with van der Waals surface area (Å²) < 4.78 is 35.4. The van der Waals surface area contributed by atoms with Crippen LogP contribution in [0.4, 0.5) is 0 Å². The molecule has 8 heteroatoms. The van der Waals surface area contributed by atoms with Gasteiger partial charge in [-0.2, -0.15) is 4.31 Å². The summed E-state index contributed by atoms with van der Waals surface area (Å²) in [6.45, 7) is 5.61. The van der Waals surface area contributed by atoms with Gasteiger partial charge in [0.2, 0.25) is 10.0 Å². The summed E-state index contributed by atoms with van der Waals surface area (Å²) in [5.74, 6) is -1.39. The lowest BCUT2D eigenvalue weighted by Crippen LogP contribution is -2.30. The fraction of sp³-hybridized carbons (Fsp3) is 0.467. The third-order valence-electron chi connectivity index (χ3n) is 3.25. The maximum absolute atomic E-state index is 12.3. The van der Waals surface area contributed by atoms with Crippen molar-refractivity contribution in [1.82, 2.24) is 4.31 Å². The SMILES string of the molecule is CCN(CC)S(=O)(=O)c1ccc(C(=O)OC(C)C(=O)OC)cc1. The lowest BCUT2D eigenvalue weighted by molar-refractivity contribution is -0.149. The van der Waals surface area contributed by atoms with E-state index in [2.05, 4.69) is 4.74 Å². The molecule has 128 valence electrons. The lowest BCUT2D eigenvalue weighted by Gasteiger charge is -2.18. The molecule has 0 aliphatic heterocycles. The van der Waals surface area contributed by atoms with E-state index >= 15 is 0 Å². The standard InChI is InChI=1S/C15H21NO6S/c1-5-16(6-2)23(19,20)13-9-7-12(8-10-13)15(18)22-11(3)14(17)21-4/h7-11H,5-6H2,1-4H3. The monoisotopic (exact) mass is 343 g/mol. The Morgan fingerprint density at radius 2 is 1.65 bits per heavy atom. The highest BCUT2D eigenvalue weighted by Gasteiger charge is 2.23. The molecular weight excluding hydrogens is 322 g/mol. The number of esters is 2. The average molecular weight is 343 g/mol. The quantitative estimate of drug-likeness (QED) is 0.696. The van der Waals surface area contributed by atoms with Crippen molar-refractivity contribution in [3.05, 3.63) is 29.8 Å². The molecule has 0 bridgehead atoms. The van der Waals surface area contributed by atoms with Crippen LogP contribution in [0.1, 0.15) is 31.1 Å². The first-order valence-corrected chi connectivity index (χ1v) is 8.60. The van der Waals surface area contributed by atoms with Crippen LogP contribution in [0, 0.1) is 0 Å². The number of carbonyl (C=O) groups is 2. The van der Waals surface area contributed by atoms with Crippen LogP contribution in [-0.2, 0) is 24.3 Å². The molecule has 1 aromatic rings. The largest absolute Gasteiger partial charge is 0.466 e. The molecule has 0 amide bonds.